The number of imidazole rings is 1. The molecule has 0 fully saturated rings. The summed E-state index contributed by atoms with van der Waals surface area (Å²) in [6.45, 7) is -0.633. The second-order valence-corrected chi connectivity index (χ2v) is 5.75. The predicted octanol–water partition coefficient (Wildman–Crippen LogP) is 3.69. The van der Waals surface area contributed by atoms with Crippen molar-refractivity contribution in [3.63, 3.8) is 0 Å². The minimum absolute atomic E-state index is 0.0644. The fourth-order valence-corrected chi connectivity index (χ4v) is 2.61. The van der Waals surface area contributed by atoms with Gasteiger partial charge in [-0.05, 0) is 36.4 Å². The molecule has 0 aliphatic heterocycles. The highest BCUT2D eigenvalue weighted by molar-refractivity contribution is 5.79. The molecule has 0 aliphatic rings. The molecule has 0 N–H and O–H groups in total. The van der Waals surface area contributed by atoms with Crippen LogP contribution in [0.2, 0.25) is 0 Å². The van der Waals surface area contributed by atoms with Crippen LogP contribution in [0, 0.1) is 0 Å². The Morgan fingerprint density at radius 3 is 2.39 bits per heavy atom. The van der Waals surface area contributed by atoms with Crippen molar-refractivity contribution in [3.8, 4) is 11.5 Å². The SMILES string of the molecule is COc1ccc(OCCOC(=O)Cn2c(C(F)(F)F)nc3ccccc32)cc1. The zero-order valence-corrected chi connectivity index (χ0v) is 14.9. The lowest BCUT2D eigenvalue weighted by Gasteiger charge is -2.12. The van der Waals surface area contributed by atoms with Crippen molar-refractivity contribution < 1.29 is 32.2 Å². The first-order valence-corrected chi connectivity index (χ1v) is 8.33. The summed E-state index contributed by atoms with van der Waals surface area (Å²) in [7, 11) is 1.54. The van der Waals surface area contributed by atoms with E-state index in [0.29, 0.717) is 11.5 Å². The molecule has 2 aromatic carbocycles. The van der Waals surface area contributed by atoms with Gasteiger partial charge < -0.3 is 18.8 Å². The number of nitrogens with zero attached hydrogens (tertiary/aromatic N) is 2. The summed E-state index contributed by atoms with van der Waals surface area (Å²) in [6, 6.07) is 12.9. The lowest BCUT2D eigenvalue weighted by Crippen LogP contribution is -2.21. The highest BCUT2D eigenvalue weighted by Crippen LogP contribution is 2.31. The number of ether oxygens (including phenoxy) is 3. The number of aromatic nitrogens is 2. The van der Waals surface area contributed by atoms with Gasteiger partial charge in [-0.25, -0.2) is 4.98 Å². The number of esters is 1. The van der Waals surface area contributed by atoms with E-state index in [0.717, 1.165) is 4.57 Å². The van der Waals surface area contributed by atoms with Crippen molar-refractivity contribution in [1.29, 1.82) is 0 Å². The molecule has 0 unspecified atom stereocenters. The lowest BCUT2D eigenvalue weighted by atomic mass is 10.3. The number of hydrogen-bond donors (Lipinski definition) is 0. The topological polar surface area (TPSA) is 62.6 Å². The van der Waals surface area contributed by atoms with Gasteiger partial charge in [0.1, 0.15) is 31.3 Å². The van der Waals surface area contributed by atoms with Gasteiger partial charge in [0.15, 0.2) is 0 Å². The van der Waals surface area contributed by atoms with Gasteiger partial charge in [-0.2, -0.15) is 13.2 Å². The zero-order valence-electron chi connectivity index (χ0n) is 14.9. The number of rotatable bonds is 7. The van der Waals surface area contributed by atoms with Crippen molar-refractivity contribution in [1.82, 2.24) is 9.55 Å². The fraction of sp³-hybridized carbons (Fsp3) is 0.263. The first-order chi connectivity index (χ1) is 13.4. The molecule has 0 saturated heterocycles. The molecule has 0 radical (unpaired) electrons. The monoisotopic (exact) mass is 394 g/mol. The minimum atomic E-state index is -4.68. The smallest absolute Gasteiger partial charge is 0.449 e. The van der Waals surface area contributed by atoms with Gasteiger partial charge in [-0.1, -0.05) is 12.1 Å². The zero-order chi connectivity index (χ0) is 20.1. The summed E-state index contributed by atoms with van der Waals surface area (Å²) in [4.78, 5) is 15.6. The Morgan fingerprint density at radius 1 is 1.04 bits per heavy atom. The van der Waals surface area contributed by atoms with Crippen molar-refractivity contribution in [3.05, 3.63) is 54.4 Å². The molecule has 148 valence electrons. The number of alkyl halides is 3. The normalized spacial score (nSPS) is 11.4. The molecular formula is C19H17F3N2O4. The summed E-state index contributed by atoms with van der Waals surface area (Å²) in [5.41, 5.74) is 0.367. The summed E-state index contributed by atoms with van der Waals surface area (Å²) < 4.78 is 55.9. The van der Waals surface area contributed by atoms with E-state index in [1.54, 1.807) is 43.5 Å². The third-order valence-corrected chi connectivity index (χ3v) is 3.87. The maximum absolute atomic E-state index is 13.2. The molecule has 1 heterocycles. The van der Waals surface area contributed by atoms with E-state index in [1.165, 1.54) is 12.1 Å². The molecule has 28 heavy (non-hydrogen) atoms. The number of methoxy groups -OCH3 is 1. The van der Waals surface area contributed by atoms with Gasteiger partial charge in [0, 0.05) is 0 Å². The maximum Gasteiger partial charge on any atom is 0.449 e. The van der Waals surface area contributed by atoms with E-state index in [2.05, 4.69) is 4.98 Å². The second kappa shape index (κ2) is 8.20. The lowest BCUT2D eigenvalue weighted by molar-refractivity contribution is -0.151. The Bertz CT molecular complexity index is 952. The molecule has 0 aliphatic carbocycles. The summed E-state index contributed by atoms with van der Waals surface area (Å²) >= 11 is 0. The van der Waals surface area contributed by atoms with E-state index in [1.807, 2.05) is 0 Å². The van der Waals surface area contributed by atoms with Crippen molar-refractivity contribution in [2.24, 2.45) is 0 Å². The van der Waals surface area contributed by atoms with Crippen LogP contribution in [0.1, 0.15) is 5.82 Å². The number of carbonyl (C=O) groups excluding carboxylic acids is 1. The molecular weight excluding hydrogens is 377 g/mol. The van der Waals surface area contributed by atoms with E-state index >= 15 is 0 Å². The Balaban J connectivity index is 1.59. The van der Waals surface area contributed by atoms with Crippen LogP contribution in [0.25, 0.3) is 11.0 Å². The van der Waals surface area contributed by atoms with E-state index in [9.17, 15) is 18.0 Å². The van der Waals surface area contributed by atoms with Crippen LogP contribution < -0.4 is 9.47 Å². The van der Waals surface area contributed by atoms with Gasteiger partial charge in [0.2, 0.25) is 5.82 Å². The van der Waals surface area contributed by atoms with Gasteiger partial charge in [-0.15, -0.1) is 0 Å². The fourth-order valence-electron chi connectivity index (χ4n) is 2.61. The van der Waals surface area contributed by atoms with Crippen molar-refractivity contribution in [2.45, 2.75) is 12.7 Å². The Kier molecular flexibility index (Phi) is 5.72. The third kappa shape index (κ3) is 4.54. The molecule has 6 nitrogen and oxygen atoms in total. The van der Waals surface area contributed by atoms with Gasteiger partial charge >= 0.3 is 12.1 Å². The Labute approximate surface area is 158 Å². The molecule has 0 spiro atoms. The third-order valence-electron chi connectivity index (χ3n) is 3.87. The van der Waals surface area contributed by atoms with Gasteiger partial charge in [-0.3, -0.25) is 4.79 Å². The van der Waals surface area contributed by atoms with Crippen molar-refractivity contribution in [2.75, 3.05) is 20.3 Å². The molecule has 1 aromatic heterocycles. The van der Waals surface area contributed by atoms with Crippen LogP contribution in [-0.4, -0.2) is 35.8 Å². The van der Waals surface area contributed by atoms with Crippen LogP contribution >= 0.6 is 0 Å². The number of carbonyl (C=O) groups is 1. The van der Waals surface area contributed by atoms with Gasteiger partial charge in [0.05, 0.1) is 18.1 Å². The van der Waals surface area contributed by atoms with Crippen LogP contribution in [0.4, 0.5) is 13.2 Å². The van der Waals surface area contributed by atoms with E-state index < -0.39 is 24.5 Å². The van der Waals surface area contributed by atoms with Crippen LogP contribution in [-0.2, 0) is 22.3 Å². The molecule has 0 amide bonds. The maximum atomic E-state index is 13.2. The molecule has 3 rings (SSSR count). The summed E-state index contributed by atoms with van der Waals surface area (Å²) in [6.07, 6.45) is -4.68. The molecule has 0 atom stereocenters. The van der Waals surface area contributed by atoms with E-state index in [4.69, 9.17) is 14.2 Å². The molecule has 0 saturated carbocycles. The second-order valence-electron chi connectivity index (χ2n) is 5.75. The molecule has 3 aromatic rings. The minimum Gasteiger partial charge on any atom is -0.497 e. The number of fused-ring (bicyclic) bond motifs is 1. The summed E-state index contributed by atoms with van der Waals surface area (Å²) in [5, 5.41) is 0. The number of halogens is 3. The predicted molar refractivity (Wildman–Crippen MR) is 94.2 cm³/mol. The number of hydrogen-bond acceptors (Lipinski definition) is 5. The molecule has 9 heteroatoms. The van der Waals surface area contributed by atoms with Crippen LogP contribution in [0.15, 0.2) is 48.5 Å². The Hall–Kier alpha value is -3.23. The highest BCUT2D eigenvalue weighted by atomic mass is 19.4. The highest BCUT2D eigenvalue weighted by Gasteiger charge is 2.38. The van der Waals surface area contributed by atoms with Crippen molar-refractivity contribution >= 4 is 17.0 Å². The molecule has 0 bridgehead atoms. The van der Waals surface area contributed by atoms with Crippen LogP contribution in [0.5, 0.6) is 11.5 Å². The number of para-hydroxylation sites is 2. The Morgan fingerprint density at radius 2 is 1.71 bits per heavy atom. The first-order valence-electron chi connectivity index (χ1n) is 8.33. The first kappa shape index (κ1) is 19.5. The van der Waals surface area contributed by atoms with E-state index in [-0.39, 0.29) is 24.2 Å². The van der Waals surface area contributed by atoms with Crippen LogP contribution in [0.3, 0.4) is 0 Å². The quantitative estimate of drug-likeness (QED) is 0.452. The largest absolute Gasteiger partial charge is 0.497 e. The average molecular weight is 394 g/mol. The average Bonchev–Trinajstić information content (AvgIpc) is 3.05. The van der Waals surface area contributed by atoms with Gasteiger partial charge in [0.25, 0.3) is 0 Å². The standard InChI is InChI=1S/C19H17F3N2O4/c1-26-13-6-8-14(9-7-13)27-10-11-28-17(25)12-24-16-5-3-2-4-15(16)23-18(24)19(20,21)22/h2-9H,10-12H2,1H3. The summed E-state index contributed by atoms with van der Waals surface area (Å²) in [5.74, 6) is -0.726. The number of benzene rings is 2.